The number of carboxylic acids is 1. The Hall–Kier alpha value is -2.86. The van der Waals surface area contributed by atoms with Crippen LogP contribution in [0.3, 0.4) is 0 Å². The third kappa shape index (κ3) is 8.25. The smallest absolute Gasteiger partial charge is 0.339 e. The average molecular weight is 414 g/mol. The van der Waals surface area contributed by atoms with Gasteiger partial charge >= 0.3 is 11.9 Å². The molecule has 0 aliphatic heterocycles. The van der Waals surface area contributed by atoms with Crippen LogP contribution in [0.5, 0.6) is 5.75 Å². The number of rotatable bonds is 14. The number of hydrogen-bond donors (Lipinski definition) is 1. The van der Waals surface area contributed by atoms with Crippen molar-refractivity contribution < 1.29 is 28.9 Å². The summed E-state index contributed by atoms with van der Waals surface area (Å²) in [7, 11) is 0. The highest BCUT2D eigenvalue weighted by molar-refractivity contribution is 6.02. The van der Waals surface area contributed by atoms with E-state index in [1.807, 2.05) is 30.3 Å². The van der Waals surface area contributed by atoms with Gasteiger partial charge in [-0.15, -0.1) is 0 Å². The van der Waals surface area contributed by atoms with Crippen molar-refractivity contribution in [3.8, 4) is 5.75 Å². The molecule has 6 heteroatoms. The Balaban J connectivity index is 1.86. The second kappa shape index (κ2) is 13.4. The van der Waals surface area contributed by atoms with Crippen molar-refractivity contribution in [1.29, 1.82) is 0 Å². The van der Waals surface area contributed by atoms with Crippen molar-refractivity contribution in [2.75, 3.05) is 19.8 Å². The zero-order valence-corrected chi connectivity index (χ0v) is 17.4. The van der Waals surface area contributed by atoms with Gasteiger partial charge in [0.15, 0.2) is 0 Å². The first-order valence-electron chi connectivity index (χ1n) is 10.4. The number of esters is 1. The van der Waals surface area contributed by atoms with E-state index in [2.05, 4.69) is 6.92 Å². The lowest BCUT2D eigenvalue weighted by Crippen LogP contribution is -2.21. The van der Waals surface area contributed by atoms with Crippen molar-refractivity contribution in [2.24, 2.45) is 0 Å². The van der Waals surface area contributed by atoms with Gasteiger partial charge in [0.2, 0.25) is 0 Å². The van der Waals surface area contributed by atoms with Crippen LogP contribution in [0.25, 0.3) is 0 Å². The fourth-order valence-corrected chi connectivity index (χ4v) is 2.92. The van der Waals surface area contributed by atoms with Gasteiger partial charge in [0.05, 0.1) is 17.7 Å². The summed E-state index contributed by atoms with van der Waals surface area (Å²) in [6.45, 7) is 3.70. The Morgan fingerprint density at radius 3 is 2.23 bits per heavy atom. The maximum atomic E-state index is 12.3. The molecule has 0 fully saturated rings. The molecule has 0 aromatic heterocycles. The lowest BCUT2D eigenvalue weighted by atomic mass is 10.1. The van der Waals surface area contributed by atoms with Gasteiger partial charge in [0.1, 0.15) is 11.9 Å². The third-order valence-electron chi connectivity index (χ3n) is 4.55. The highest BCUT2D eigenvalue weighted by Crippen LogP contribution is 2.17. The third-order valence-corrected chi connectivity index (χ3v) is 4.55. The topological polar surface area (TPSA) is 82.1 Å². The Labute approximate surface area is 177 Å². The van der Waals surface area contributed by atoms with Crippen molar-refractivity contribution in [2.45, 2.75) is 45.1 Å². The predicted octanol–water partition coefficient (Wildman–Crippen LogP) is 4.98. The van der Waals surface area contributed by atoms with Gasteiger partial charge in [-0.05, 0) is 43.5 Å². The van der Waals surface area contributed by atoms with Gasteiger partial charge in [-0.3, -0.25) is 0 Å². The molecule has 6 nitrogen and oxygen atoms in total. The van der Waals surface area contributed by atoms with Gasteiger partial charge < -0.3 is 19.3 Å². The minimum Gasteiger partial charge on any atom is -0.490 e. The zero-order valence-electron chi connectivity index (χ0n) is 17.4. The molecule has 1 N–H and O–H groups in total. The van der Waals surface area contributed by atoms with Crippen molar-refractivity contribution in [1.82, 2.24) is 0 Å². The molecule has 0 heterocycles. The number of para-hydroxylation sites is 1. The van der Waals surface area contributed by atoms with Crippen LogP contribution in [0.1, 0.15) is 59.7 Å². The Kier molecular flexibility index (Phi) is 10.4. The van der Waals surface area contributed by atoms with E-state index in [0.717, 1.165) is 38.0 Å². The first kappa shape index (κ1) is 23.4. The van der Waals surface area contributed by atoms with Gasteiger partial charge in [-0.2, -0.15) is 0 Å². The van der Waals surface area contributed by atoms with E-state index in [1.165, 1.54) is 12.1 Å². The number of hydrogen-bond acceptors (Lipinski definition) is 5. The SMILES string of the molecule is CCCCOCCCC(CCOC(=O)c1ccccc1C(=O)O)Oc1ccccc1. The lowest BCUT2D eigenvalue weighted by molar-refractivity contribution is 0.0424. The highest BCUT2D eigenvalue weighted by atomic mass is 16.5. The molecule has 0 amide bonds. The summed E-state index contributed by atoms with van der Waals surface area (Å²) in [6.07, 6.45) is 4.14. The fourth-order valence-electron chi connectivity index (χ4n) is 2.92. The normalized spacial score (nSPS) is 11.6. The van der Waals surface area contributed by atoms with Crippen molar-refractivity contribution >= 4 is 11.9 Å². The lowest BCUT2D eigenvalue weighted by Gasteiger charge is -2.19. The van der Waals surface area contributed by atoms with Crippen LogP contribution in [0.4, 0.5) is 0 Å². The van der Waals surface area contributed by atoms with E-state index in [0.29, 0.717) is 13.0 Å². The van der Waals surface area contributed by atoms with Crippen LogP contribution < -0.4 is 4.74 Å². The molecule has 30 heavy (non-hydrogen) atoms. The fraction of sp³-hybridized carbons (Fsp3) is 0.417. The van der Waals surface area contributed by atoms with E-state index >= 15 is 0 Å². The Bertz CT molecular complexity index is 774. The molecule has 1 atom stereocenters. The number of carbonyl (C=O) groups excluding carboxylic acids is 1. The largest absolute Gasteiger partial charge is 0.490 e. The maximum Gasteiger partial charge on any atom is 0.339 e. The monoisotopic (exact) mass is 414 g/mol. The maximum absolute atomic E-state index is 12.3. The van der Waals surface area contributed by atoms with Crippen LogP contribution in [0.15, 0.2) is 54.6 Å². The second-order valence-corrected chi connectivity index (χ2v) is 6.94. The molecule has 2 aromatic rings. The van der Waals surface area contributed by atoms with E-state index in [4.69, 9.17) is 14.2 Å². The van der Waals surface area contributed by atoms with Crippen molar-refractivity contribution in [3.05, 3.63) is 65.7 Å². The first-order valence-corrected chi connectivity index (χ1v) is 10.4. The van der Waals surface area contributed by atoms with Crippen LogP contribution in [-0.4, -0.2) is 43.0 Å². The number of unbranched alkanes of at least 4 members (excludes halogenated alkanes) is 1. The molecule has 0 aliphatic carbocycles. The molecule has 0 bridgehead atoms. The molecule has 1 unspecified atom stereocenters. The molecule has 0 aliphatic rings. The molecular weight excluding hydrogens is 384 g/mol. The molecule has 0 spiro atoms. The predicted molar refractivity (Wildman–Crippen MR) is 114 cm³/mol. The molecule has 162 valence electrons. The van der Waals surface area contributed by atoms with Gasteiger partial charge in [0, 0.05) is 19.6 Å². The van der Waals surface area contributed by atoms with Crippen LogP contribution in [-0.2, 0) is 9.47 Å². The van der Waals surface area contributed by atoms with E-state index < -0.39 is 11.9 Å². The number of benzene rings is 2. The molecular formula is C24H30O6. The average Bonchev–Trinajstić information content (AvgIpc) is 2.76. The summed E-state index contributed by atoms with van der Waals surface area (Å²) in [5.41, 5.74) is -0.0151. The standard InChI is InChI=1S/C24H30O6/c1-2-3-16-28-17-9-12-20(30-19-10-5-4-6-11-19)15-18-29-24(27)22-14-8-7-13-21(22)23(25)26/h4-8,10-11,13-14,20H,2-3,9,12,15-18H2,1H3,(H,25,26). The molecule has 0 saturated heterocycles. The van der Waals surface area contributed by atoms with Crippen LogP contribution >= 0.6 is 0 Å². The minimum absolute atomic E-state index is 0.0508. The molecule has 2 aromatic carbocycles. The van der Waals surface area contributed by atoms with Gasteiger partial charge in [-0.25, -0.2) is 9.59 Å². The number of carboxylic acid groups (broad SMARTS) is 1. The number of aromatic carboxylic acids is 1. The summed E-state index contributed by atoms with van der Waals surface area (Å²) in [5, 5.41) is 9.23. The molecule has 2 rings (SSSR count). The Morgan fingerprint density at radius 2 is 1.53 bits per heavy atom. The van der Waals surface area contributed by atoms with E-state index in [1.54, 1.807) is 12.1 Å². The zero-order chi connectivity index (χ0) is 21.6. The second-order valence-electron chi connectivity index (χ2n) is 6.94. The van der Waals surface area contributed by atoms with Gasteiger partial charge in [0.25, 0.3) is 0 Å². The number of carbonyl (C=O) groups is 2. The summed E-state index contributed by atoms with van der Waals surface area (Å²) < 4.78 is 17.0. The van der Waals surface area contributed by atoms with Crippen LogP contribution in [0, 0.1) is 0 Å². The summed E-state index contributed by atoms with van der Waals surface area (Å²) >= 11 is 0. The first-order chi connectivity index (χ1) is 14.6. The molecule has 0 saturated carbocycles. The number of ether oxygens (including phenoxy) is 3. The quantitative estimate of drug-likeness (QED) is 0.347. The Morgan fingerprint density at radius 1 is 0.867 bits per heavy atom. The molecule has 0 radical (unpaired) electrons. The minimum atomic E-state index is -1.16. The van der Waals surface area contributed by atoms with Crippen LogP contribution in [0.2, 0.25) is 0 Å². The van der Waals surface area contributed by atoms with E-state index in [9.17, 15) is 14.7 Å². The van der Waals surface area contributed by atoms with E-state index in [-0.39, 0.29) is 23.8 Å². The summed E-state index contributed by atoms with van der Waals surface area (Å²) in [4.78, 5) is 23.6. The van der Waals surface area contributed by atoms with Crippen molar-refractivity contribution in [3.63, 3.8) is 0 Å². The highest BCUT2D eigenvalue weighted by Gasteiger charge is 2.18. The summed E-state index contributed by atoms with van der Waals surface area (Å²) in [5.74, 6) is -1.04. The summed E-state index contributed by atoms with van der Waals surface area (Å²) in [6, 6.07) is 15.5. The van der Waals surface area contributed by atoms with Gasteiger partial charge in [-0.1, -0.05) is 43.7 Å².